The molecule has 0 N–H and O–H groups in total. The molecule has 7 aromatic carbocycles. The second-order valence-electron chi connectivity index (χ2n) is 13.7. The molecule has 1 aromatic heterocycles. The van der Waals surface area contributed by atoms with Crippen LogP contribution >= 0.6 is 0 Å². The predicted molar refractivity (Wildman–Crippen MR) is 214 cm³/mol. The van der Waals surface area contributed by atoms with Crippen LogP contribution in [0.1, 0.15) is 22.8 Å². The van der Waals surface area contributed by atoms with Crippen molar-refractivity contribution in [3.63, 3.8) is 0 Å². The number of rotatable bonds is 5. The van der Waals surface area contributed by atoms with Crippen LogP contribution in [0.5, 0.6) is 0 Å². The summed E-state index contributed by atoms with van der Waals surface area (Å²) >= 11 is 0. The lowest BCUT2D eigenvalue weighted by Crippen LogP contribution is -2.17. The highest BCUT2D eigenvalue weighted by Crippen LogP contribution is 2.50. The summed E-state index contributed by atoms with van der Waals surface area (Å²) in [5, 5.41) is 3.64. The molecule has 0 spiro atoms. The zero-order chi connectivity index (χ0) is 33.7. The molecule has 0 fully saturated rings. The van der Waals surface area contributed by atoms with Crippen molar-refractivity contribution < 1.29 is 4.42 Å². The minimum atomic E-state index is 0.126. The fourth-order valence-electron chi connectivity index (χ4n) is 8.02. The van der Waals surface area contributed by atoms with Gasteiger partial charge in [-0.3, -0.25) is 0 Å². The van der Waals surface area contributed by atoms with Crippen molar-refractivity contribution in [3.05, 3.63) is 205 Å². The molecule has 1 heterocycles. The number of hydrogen-bond donors (Lipinski definition) is 0. The fourth-order valence-corrected chi connectivity index (χ4v) is 8.02. The van der Waals surface area contributed by atoms with E-state index in [-0.39, 0.29) is 11.8 Å². The van der Waals surface area contributed by atoms with Crippen molar-refractivity contribution in [2.75, 3.05) is 0 Å². The lowest BCUT2D eigenvalue weighted by atomic mass is 9.73. The molecule has 1 nitrogen and oxygen atoms in total. The quantitative estimate of drug-likeness (QED) is 0.181. The van der Waals surface area contributed by atoms with Gasteiger partial charge in [0.25, 0.3) is 0 Å². The Morgan fingerprint density at radius 2 is 0.863 bits per heavy atom. The van der Waals surface area contributed by atoms with Crippen LogP contribution < -0.4 is 0 Å². The Morgan fingerprint density at radius 1 is 0.373 bits per heavy atom. The molecule has 8 aromatic rings. The van der Waals surface area contributed by atoms with Gasteiger partial charge in [0.2, 0.25) is 0 Å². The molecular weight excluding hydrogens is 617 g/mol. The van der Waals surface area contributed by atoms with Crippen LogP contribution in [0.2, 0.25) is 0 Å². The van der Waals surface area contributed by atoms with Crippen LogP contribution in [-0.4, -0.2) is 0 Å². The third-order valence-electron chi connectivity index (χ3n) is 10.6. The Bertz CT molecular complexity index is 2670. The molecule has 2 aliphatic carbocycles. The maximum absolute atomic E-state index is 6.74. The van der Waals surface area contributed by atoms with Crippen LogP contribution in [0.15, 0.2) is 193 Å². The van der Waals surface area contributed by atoms with Crippen LogP contribution in [0, 0.1) is 5.92 Å². The van der Waals surface area contributed by atoms with E-state index in [1.807, 2.05) is 0 Å². The van der Waals surface area contributed by atoms with Crippen molar-refractivity contribution >= 4 is 33.4 Å². The maximum atomic E-state index is 6.74. The number of allylic oxidation sites excluding steroid dienone is 5. The van der Waals surface area contributed by atoms with Crippen LogP contribution in [0.25, 0.3) is 77.9 Å². The summed E-state index contributed by atoms with van der Waals surface area (Å²) in [6, 6.07) is 59.3. The molecule has 0 saturated carbocycles. The van der Waals surface area contributed by atoms with Gasteiger partial charge >= 0.3 is 0 Å². The first-order valence-electron chi connectivity index (χ1n) is 17.7. The molecule has 0 aliphatic heterocycles. The Morgan fingerprint density at radius 3 is 1.49 bits per heavy atom. The topological polar surface area (TPSA) is 13.1 Å². The van der Waals surface area contributed by atoms with Gasteiger partial charge < -0.3 is 4.42 Å². The second kappa shape index (κ2) is 12.2. The zero-order valence-corrected chi connectivity index (χ0v) is 28.0. The lowest BCUT2D eigenvalue weighted by Gasteiger charge is -2.30. The van der Waals surface area contributed by atoms with Gasteiger partial charge in [-0.15, -0.1) is 0 Å². The first-order chi connectivity index (χ1) is 25.2. The Kier molecular flexibility index (Phi) is 7.03. The number of furan rings is 1. The highest BCUT2D eigenvalue weighted by molar-refractivity contribution is 6.00. The van der Waals surface area contributed by atoms with Gasteiger partial charge in [0.05, 0.1) is 0 Å². The molecule has 2 unspecified atom stereocenters. The minimum absolute atomic E-state index is 0.126. The van der Waals surface area contributed by atoms with E-state index in [9.17, 15) is 0 Å². The van der Waals surface area contributed by atoms with E-state index in [0.717, 1.165) is 16.7 Å². The third kappa shape index (κ3) is 5.26. The molecule has 0 radical (unpaired) electrons. The summed E-state index contributed by atoms with van der Waals surface area (Å²) in [5.41, 5.74) is 14.4. The average Bonchev–Trinajstić information content (AvgIpc) is 3.59. The summed E-state index contributed by atoms with van der Waals surface area (Å²) in [4.78, 5) is 0. The molecule has 51 heavy (non-hydrogen) atoms. The maximum Gasteiger partial charge on any atom is 0.135 e. The zero-order valence-electron chi connectivity index (χ0n) is 28.0. The van der Waals surface area contributed by atoms with Gasteiger partial charge in [0, 0.05) is 22.8 Å². The lowest BCUT2D eigenvalue weighted by molar-refractivity contribution is 0.496. The standard InChI is InChI=1S/C50H34O/c1-4-12-33(13-5-1)36-20-21-38-27-39(23-22-37(38)26-36)42-28-41(35-16-8-3-9-17-35)29-43(30-42)47-32-48-45-25-24-40(34-14-6-2-7-15-34)31-49(45)51-50(48)46-19-11-10-18-44(46)47/h1-32,44,46H. The van der Waals surface area contributed by atoms with E-state index in [0.29, 0.717) is 0 Å². The highest BCUT2D eigenvalue weighted by atomic mass is 16.3. The largest absolute Gasteiger partial charge is 0.460 e. The van der Waals surface area contributed by atoms with Crippen molar-refractivity contribution in [2.24, 2.45) is 5.92 Å². The highest BCUT2D eigenvalue weighted by Gasteiger charge is 2.34. The fraction of sp³-hybridized carbons (Fsp3) is 0.0400. The number of benzene rings is 7. The molecule has 0 amide bonds. The van der Waals surface area contributed by atoms with E-state index in [2.05, 4.69) is 194 Å². The van der Waals surface area contributed by atoms with Crippen LogP contribution in [0.4, 0.5) is 0 Å². The molecule has 1 heteroatoms. The van der Waals surface area contributed by atoms with Gasteiger partial charge in [0.1, 0.15) is 11.3 Å². The summed E-state index contributed by atoms with van der Waals surface area (Å²) < 4.78 is 6.74. The molecule has 2 aliphatic rings. The van der Waals surface area contributed by atoms with Crippen molar-refractivity contribution in [1.82, 2.24) is 0 Å². The summed E-state index contributed by atoms with van der Waals surface area (Å²) in [6.07, 6.45) is 11.4. The van der Waals surface area contributed by atoms with Crippen molar-refractivity contribution in [1.29, 1.82) is 0 Å². The van der Waals surface area contributed by atoms with Gasteiger partial charge in [-0.2, -0.15) is 0 Å². The molecule has 0 bridgehead atoms. The van der Waals surface area contributed by atoms with Gasteiger partial charge in [-0.25, -0.2) is 0 Å². The SMILES string of the molecule is C1=CC2C(c3cc(-c4ccccc4)cc(-c4ccc5cc(-c6ccccc6)ccc5c4)c3)=Cc3c(oc4cc(-c5ccccc5)ccc34)C2C=C1. The van der Waals surface area contributed by atoms with E-state index < -0.39 is 0 Å². The number of fused-ring (bicyclic) bond motifs is 6. The van der Waals surface area contributed by atoms with Gasteiger partial charge in [0.15, 0.2) is 0 Å². The molecule has 240 valence electrons. The Balaban J connectivity index is 1.12. The van der Waals surface area contributed by atoms with Crippen molar-refractivity contribution in [3.8, 4) is 44.5 Å². The molecule has 10 rings (SSSR count). The molecular formula is C50H34O. The second-order valence-corrected chi connectivity index (χ2v) is 13.7. The van der Waals surface area contributed by atoms with E-state index in [1.54, 1.807) is 0 Å². The molecule has 2 atom stereocenters. The van der Waals surface area contributed by atoms with Gasteiger partial charge in [-0.05, 0) is 115 Å². The average molecular weight is 651 g/mol. The third-order valence-corrected chi connectivity index (χ3v) is 10.6. The normalized spacial score (nSPS) is 16.2. The van der Waals surface area contributed by atoms with Crippen molar-refractivity contribution in [2.45, 2.75) is 5.92 Å². The Labute approximate surface area is 298 Å². The van der Waals surface area contributed by atoms with E-state index in [1.165, 1.54) is 72.0 Å². The smallest absolute Gasteiger partial charge is 0.135 e. The first-order valence-corrected chi connectivity index (χ1v) is 17.7. The minimum Gasteiger partial charge on any atom is -0.460 e. The Hall–Kier alpha value is -6.44. The summed E-state index contributed by atoms with van der Waals surface area (Å²) in [5.74, 6) is 1.35. The summed E-state index contributed by atoms with van der Waals surface area (Å²) in [7, 11) is 0. The van der Waals surface area contributed by atoms with Gasteiger partial charge in [-0.1, -0.05) is 146 Å². The predicted octanol–water partition coefficient (Wildman–Crippen LogP) is 13.6. The van der Waals surface area contributed by atoms with Crippen LogP contribution in [-0.2, 0) is 0 Å². The van der Waals surface area contributed by atoms with E-state index in [4.69, 9.17) is 4.42 Å². The first kappa shape index (κ1) is 29.5. The molecule has 0 saturated heterocycles. The monoisotopic (exact) mass is 650 g/mol. The van der Waals surface area contributed by atoms with Crippen LogP contribution in [0.3, 0.4) is 0 Å². The summed E-state index contributed by atoms with van der Waals surface area (Å²) in [6.45, 7) is 0. The van der Waals surface area contributed by atoms with E-state index >= 15 is 0 Å². The number of hydrogen-bond acceptors (Lipinski definition) is 1.